The molecule has 0 saturated heterocycles. The fourth-order valence-corrected chi connectivity index (χ4v) is 2.56. The van der Waals surface area contributed by atoms with Crippen molar-refractivity contribution < 1.29 is 0 Å². The van der Waals surface area contributed by atoms with Gasteiger partial charge < -0.3 is 11.5 Å². The maximum Gasteiger partial charge on any atom is 0.0445 e. The van der Waals surface area contributed by atoms with Crippen molar-refractivity contribution in [2.45, 2.75) is 18.4 Å². The quantitative estimate of drug-likeness (QED) is 0.775. The third-order valence-electron chi connectivity index (χ3n) is 2.36. The van der Waals surface area contributed by atoms with Crippen LogP contribution in [0.1, 0.15) is 11.3 Å². The number of rotatable bonds is 2. The van der Waals surface area contributed by atoms with Crippen LogP contribution in [0.3, 0.4) is 0 Å². The Bertz CT molecular complexity index is 365. The summed E-state index contributed by atoms with van der Waals surface area (Å²) in [5, 5.41) is 2.07. The van der Waals surface area contributed by atoms with Crippen molar-refractivity contribution in [2.75, 3.05) is 0 Å². The van der Waals surface area contributed by atoms with Crippen LogP contribution < -0.4 is 11.5 Å². The summed E-state index contributed by atoms with van der Waals surface area (Å²) >= 11 is 1.74. The van der Waals surface area contributed by atoms with Gasteiger partial charge in [0.25, 0.3) is 0 Å². The summed E-state index contributed by atoms with van der Waals surface area (Å²) in [4.78, 5) is 1.31. The largest absolute Gasteiger partial charge is 0.402 e. The fourth-order valence-electron chi connectivity index (χ4n) is 1.72. The Morgan fingerprint density at radius 3 is 3.00 bits per heavy atom. The maximum absolute atomic E-state index is 6.24. The molecule has 0 fully saturated rings. The molecule has 1 unspecified atom stereocenters. The minimum absolute atomic E-state index is 0.288. The van der Waals surface area contributed by atoms with E-state index in [0.717, 1.165) is 18.5 Å². The van der Waals surface area contributed by atoms with Crippen molar-refractivity contribution in [1.82, 2.24) is 0 Å². The molecule has 3 heteroatoms. The van der Waals surface area contributed by atoms with E-state index in [1.54, 1.807) is 11.3 Å². The standard InChI is InChI=1S/C11H14N2S/c12-9-3-1-5-11(13,7-9)8-10-4-2-6-14-10/h1-6H,7-8,12-13H2. The molecule has 0 amide bonds. The smallest absolute Gasteiger partial charge is 0.0445 e. The summed E-state index contributed by atoms with van der Waals surface area (Å²) in [5.41, 5.74) is 12.6. The van der Waals surface area contributed by atoms with Crippen LogP contribution in [-0.2, 0) is 6.42 Å². The molecule has 4 N–H and O–H groups in total. The predicted molar refractivity (Wildman–Crippen MR) is 61.0 cm³/mol. The van der Waals surface area contributed by atoms with Crippen LogP contribution in [-0.4, -0.2) is 5.54 Å². The van der Waals surface area contributed by atoms with E-state index >= 15 is 0 Å². The molecule has 2 rings (SSSR count). The topological polar surface area (TPSA) is 52.0 Å². The van der Waals surface area contributed by atoms with Gasteiger partial charge in [0, 0.05) is 29.0 Å². The molecule has 1 heterocycles. The van der Waals surface area contributed by atoms with Gasteiger partial charge in [0.2, 0.25) is 0 Å². The summed E-state index contributed by atoms with van der Waals surface area (Å²) in [5.74, 6) is 0. The number of allylic oxidation sites excluding steroid dienone is 2. The molecule has 1 aromatic rings. The molecule has 0 spiro atoms. The Hall–Kier alpha value is -1.06. The highest BCUT2D eigenvalue weighted by Gasteiger charge is 2.24. The summed E-state index contributed by atoms with van der Waals surface area (Å²) in [6.07, 6.45) is 7.53. The van der Waals surface area contributed by atoms with Gasteiger partial charge >= 0.3 is 0 Å². The van der Waals surface area contributed by atoms with E-state index in [1.807, 2.05) is 18.2 Å². The van der Waals surface area contributed by atoms with Gasteiger partial charge in [0.1, 0.15) is 0 Å². The van der Waals surface area contributed by atoms with Gasteiger partial charge in [0.05, 0.1) is 0 Å². The first-order valence-corrected chi connectivity index (χ1v) is 5.51. The Kier molecular flexibility index (Phi) is 2.44. The van der Waals surface area contributed by atoms with Gasteiger partial charge in [-0.3, -0.25) is 0 Å². The SMILES string of the molecule is NC1=CC=CC(N)(Cc2cccs2)C1. The lowest BCUT2D eigenvalue weighted by molar-refractivity contribution is 0.516. The van der Waals surface area contributed by atoms with Crippen molar-refractivity contribution in [2.24, 2.45) is 11.5 Å². The van der Waals surface area contributed by atoms with E-state index in [1.165, 1.54) is 4.88 Å². The van der Waals surface area contributed by atoms with Crippen molar-refractivity contribution in [3.8, 4) is 0 Å². The molecule has 14 heavy (non-hydrogen) atoms. The third kappa shape index (κ3) is 2.05. The van der Waals surface area contributed by atoms with Crippen molar-refractivity contribution in [3.05, 3.63) is 46.3 Å². The highest BCUT2D eigenvalue weighted by Crippen LogP contribution is 2.24. The second kappa shape index (κ2) is 3.59. The van der Waals surface area contributed by atoms with E-state index < -0.39 is 0 Å². The minimum Gasteiger partial charge on any atom is -0.402 e. The predicted octanol–water partition coefficient (Wildman–Crippen LogP) is 1.79. The fraction of sp³-hybridized carbons (Fsp3) is 0.273. The van der Waals surface area contributed by atoms with Crippen LogP contribution in [0.4, 0.5) is 0 Å². The molecule has 74 valence electrons. The molecule has 1 aromatic heterocycles. The maximum atomic E-state index is 6.24. The Morgan fingerprint density at radius 2 is 2.36 bits per heavy atom. The molecule has 0 bridgehead atoms. The summed E-state index contributed by atoms with van der Waals surface area (Å²) in [6.45, 7) is 0. The van der Waals surface area contributed by atoms with Gasteiger partial charge in [-0.15, -0.1) is 11.3 Å². The van der Waals surface area contributed by atoms with Gasteiger partial charge in [-0.05, 0) is 17.5 Å². The van der Waals surface area contributed by atoms with E-state index in [4.69, 9.17) is 11.5 Å². The first-order chi connectivity index (χ1) is 6.68. The lowest BCUT2D eigenvalue weighted by Crippen LogP contribution is -2.42. The molecule has 0 saturated carbocycles. The van der Waals surface area contributed by atoms with Crippen molar-refractivity contribution >= 4 is 11.3 Å². The van der Waals surface area contributed by atoms with Crippen molar-refractivity contribution in [3.63, 3.8) is 0 Å². The molecule has 1 aliphatic carbocycles. The van der Waals surface area contributed by atoms with Crippen LogP contribution in [0, 0.1) is 0 Å². The van der Waals surface area contributed by atoms with Gasteiger partial charge in [-0.25, -0.2) is 0 Å². The number of hydrogen-bond acceptors (Lipinski definition) is 3. The summed E-state index contributed by atoms with van der Waals surface area (Å²) in [6, 6.07) is 4.16. The Morgan fingerprint density at radius 1 is 1.50 bits per heavy atom. The molecule has 0 aromatic carbocycles. The van der Waals surface area contributed by atoms with E-state index in [0.29, 0.717) is 0 Å². The van der Waals surface area contributed by atoms with Crippen LogP contribution in [0.5, 0.6) is 0 Å². The Balaban J connectivity index is 2.11. The molecule has 2 nitrogen and oxygen atoms in total. The van der Waals surface area contributed by atoms with E-state index in [9.17, 15) is 0 Å². The van der Waals surface area contributed by atoms with Crippen molar-refractivity contribution in [1.29, 1.82) is 0 Å². The van der Waals surface area contributed by atoms with Gasteiger partial charge in [-0.1, -0.05) is 18.2 Å². The first kappa shape index (κ1) is 9.49. The zero-order valence-corrected chi connectivity index (χ0v) is 8.76. The highest BCUT2D eigenvalue weighted by atomic mass is 32.1. The zero-order valence-electron chi connectivity index (χ0n) is 7.94. The zero-order chi connectivity index (χ0) is 10.0. The normalized spacial score (nSPS) is 26.2. The number of nitrogens with two attached hydrogens (primary N) is 2. The second-order valence-electron chi connectivity index (χ2n) is 3.77. The lowest BCUT2D eigenvalue weighted by atomic mass is 9.87. The third-order valence-corrected chi connectivity index (χ3v) is 3.23. The minimum atomic E-state index is -0.288. The molecule has 0 radical (unpaired) electrons. The molecular formula is C11H14N2S. The van der Waals surface area contributed by atoms with Gasteiger partial charge in [0.15, 0.2) is 0 Å². The van der Waals surface area contributed by atoms with E-state index in [-0.39, 0.29) is 5.54 Å². The molecular weight excluding hydrogens is 192 g/mol. The van der Waals surface area contributed by atoms with Crippen LogP contribution in [0.15, 0.2) is 41.4 Å². The molecule has 0 aliphatic heterocycles. The average Bonchev–Trinajstić information content (AvgIpc) is 2.55. The van der Waals surface area contributed by atoms with Crippen LogP contribution in [0.2, 0.25) is 0 Å². The highest BCUT2D eigenvalue weighted by molar-refractivity contribution is 7.09. The number of thiophene rings is 1. The molecule has 1 aliphatic rings. The first-order valence-electron chi connectivity index (χ1n) is 4.63. The summed E-state index contributed by atoms with van der Waals surface area (Å²) < 4.78 is 0. The summed E-state index contributed by atoms with van der Waals surface area (Å²) in [7, 11) is 0. The van der Waals surface area contributed by atoms with Crippen LogP contribution >= 0.6 is 11.3 Å². The molecule has 1 atom stereocenters. The monoisotopic (exact) mass is 206 g/mol. The average molecular weight is 206 g/mol. The van der Waals surface area contributed by atoms with E-state index in [2.05, 4.69) is 17.5 Å². The Labute approximate surface area is 87.9 Å². The second-order valence-corrected chi connectivity index (χ2v) is 4.80. The van der Waals surface area contributed by atoms with Crippen LogP contribution in [0.25, 0.3) is 0 Å². The number of hydrogen-bond donors (Lipinski definition) is 2. The van der Waals surface area contributed by atoms with Gasteiger partial charge in [-0.2, -0.15) is 0 Å². The lowest BCUT2D eigenvalue weighted by Gasteiger charge is -2.27.